The molecule has 0 spiro atoms. The van der Waals surface area contributed by atoms with Crippen molar-refractivity contribution in [3.05, 3.63) is 23.8 Å². The second-order valence-corrected chi connectivity index (χ2v) is 2.78. The summed E-state index contributed by atoms with van der Waals surface area (Å²) >= 11 is 0. The van der Waals surface area contributed by atoms with Gasteiger partial charge in [-0.25, -0.2) is 0 Å². The molecule has 0 saturated heterocycles. The molecule has 0 aliphatic rings. The lowest BCUT2D eigenvalue weighted by molar-refractivity contribution is -0.0512. The van der Waals surface area contributed by atoms with E-state index in [2.05, 4.69) is 9.47 Å². The Labute approximate surface area is 91.2 Å². The van der Waals surface area contributed by atoms with Crippen LogP contribution in [0.5, 0.6) is 11.5 Å². The van der Waals surface area contributed by atoms with Gasteiger partial charge >= 0.3 is 6.61 Å². The van der Waals surface area contributed by atoms with E-state index >= 15 is 0 Å². The molecule has 6 heteroatoms. The number of ether oxygens (including phenoxy) is 3. The van der Waals surface area contributed by atoms with Crippen LogP contribution >= 0.6 is 0 Å². The van der Waals surface area contributed by atoms with Gasteiger partial charge in [0.2, 0.25) is 5.90 Å². The Morgan fingerprint density at radius 1 is 1.25 bits per heavy atom. The van der Waals surface area contributed by atoms with Crippen molar-refractivity contribution >= 4 is 5.90 Å². The molecule has 0 fully saturated rings. The fourth-order valence-electron chi connectivity index (χ4n) is 1.12. The van der Waals surface area contributed by atoms with E-state index in [0.717, 1.165) is 0 Å². The predicted octanol–water partition coefficient (Wildman–Crippen LogP) is 2.27. The first-order chi connectivity index (χ1) is 7.58. The zero-order valence-corrected chi connectivity index (χ0v) is 8.79. The number of nitrogens with one attached hydrogen (secondary N) is 1. The summed E-state index contributed by atoms with van der Waals surface area (Å²) in [5.74, 6) is -0.0912. The zero-order valence-electron chi connectivity index (χ0n) is 8.79. The smallest absolute Gasteiger partial charge is 0.387 e. The molecule has 0 saturated carbocycles. The molecule has 1 rings (SSSR count). The summed E-state index contributed by atoms with van der Waals surface area (Å²) in [6.07, 6.45) is 0. The van der Waals surface area contributed by atoms with Gasteiger partial charge in [0.25, 0.3) is 0 Å². The third-order valence-electron chi connectivity index (χ3n) is 1.85. The van der Waals surface area contributed by atoms with E-state index in [9.17, 15) is 8.78 Å². The maximum Gasteiger partial charge on any atom is 0.387 e. The lowest BCUT2D eigenvalue weighted by Gasteiger charge is -2.11. The molecule has 0 amide bonds. The second kappa shape index (κ2) is 5.29. The molecule has 0 atom stereocenters. The van der Waals surface area contributed by atoms with Crippen LogP contribution in [0.1, 0.15) is 5.56 Å². The van der Waals surface area contributed by atoms with Crippen LogP contribution in [-0.2, 0) is 4.74 Å². The minimum Gasteiger partial charge on any atom is -0.493 e. The van der Waals surface area contributed by atoms with Crippen LogP contribution in [0.2, 0.25) is 0 Å². The highest BCUT2D eigenvalue weighted by Crippen LogP contribution is 2.29. The van der Waals surface area contributed by atoms with Gasteiger partial charge in [-0.2, -0.15) is 8.78 Å². The van der Waals surface area contributed by atoms with Crippen LogP contribution in [0.15, 0.2) is 18.2 Å². The van der Waals surface area contributed by atoms with Gasteiger partial charge in [-0.1, -0.05) is 0 Å². The molecule has 1 N–H and O–H groups in total. The van der Waals surface area contributed by atoms with Crippen LogP contribution in [0.4, 0.5) is 8.78 Å². The molecule has 0 heterocycles. The lowest BCUT2D eigenvalue weighted by Crippen LogP contribution is -2.06. The molecule has 16 heavy (non-hydrogen) atoms. The Morgan fingerprint density at radius 2 is 1.94 bits per heavy atom. The van der Waals surface area contributed by atoms with Gasteiger partial charge in [-0.05, 0) is 18.2 Å². The van der Waals surface area contributed by atoms with Crippen molar-refractivity contribution < 1.29 is 23.0 Å². The van der Waals surface area contributed by atoms with Gasteiger partial charge in [0.1, 0.15) is 0 Å². The first-order valence-corrected chi connectivity index (χ1v) is 4.34. The molecule has 0 aromatic heterocycles. The van der Waals surface area contributed by atoms with Crippen molar-refractivity contribution in [1.29, 1.82) is 5.41 Å². The van der Waals surface area contributed by atoms with Gasteiger partial charge in [0, 0.05) is 5.56 Å². The fraction of sp³-hybridized carbons (Fsp3) is 0.300. The molecule has 4 nitrogen and oxygen atoms in total. The highest BCUT2D eigenvalue weighted by Gasteiger charge is 2.13. The second-order valence-electron chi connectivity index (χ2n) is 2.78. The first-order valence-electron chi connectivity index (χ1n) is 4.34. The topological polar surface area (TPSA) is 51.5 Å². The minimum atomic E-state index is -2.94. The van der Waals surface area contributed by atoms with Crippen LogP contribution in [0.3, 0.4) is 0 Å². The maximum absolute atomic E-state index is 12.1. The summed E-state index contributed by atoms with van der Waals surface area (Å²) in [6, 6.07) is 4.21. The SMILES string of the molecule is COC(=N)c1ccc(OC)c(OC(F)F)c1. The lowest BCUT2D eigenvalue weighted by atomic mass is 10.2. The Bertz CT molecular complexity index is 382. The number of benzene rings is 1. The summed E-state index contributed by atoms with van der Waals surface area (Å²) in [7, 11) is 2.66. The number of halogens is 2. The van der Waals surface area contributed by atoms with Gasteiger partial charge in [0.15, 0.2) is 11.5 Å². The Hall–Kier alpha value is -1.85. The molecule has 0 unspecified atom stereocenters. The monoisotopic (exact) mass is 231 g/mol. The van der Waals surface area contributed by atoms with Gasteiger partial charge in [0.05, 0.1) is 14.2 Å². The van der Waals surface area contributed by atoms with Crippen molar-refractivity contribution in [3.8, 4) is 11.5 Å². The molecule has 0 radical (unpaired) electrons. The van der Waals surface area contributed by atoms with Crippen molar-refractivity contribution in [2.75, 3.05) is 14.2 Å². The molecule has 1 aromatic rings. The van der Waals surface area contributed by atoms with Crippen molar-refractivity contribution in [3.63, 3.8) is 0 Å². The number of hydrogen-bond acceptors (Lipinski definition) is 4. The van der Waals surface area contributed by atoms with E-state index in [0.29, 0.717) is 5.56 Å². The fourth-order valence-corrected chi connectivity index (χ4v) is 1.12. The quantitative estimate of drug-likeness (QED) is 0.638. The molecule has 88 valence electrons. The average molecular weight is 231 g/mol. The molecular weight excluding hydrogens is 220 g/mol. The molecule has 0 aliphatic heterocycles. The van der Waals surface area contributed by atoms with Crippen molar-refractivity contribution in [2.45, 2.75) is 6.61 Å². The van der Waals surface area contributed by atoms with Gasteiger partial charge in [-0.15, -0.1) is 0 Å². The van der Waals surface area contributed by atoms with Crippen molar-refractivity contribution in [2.24, 2.45) is 0 Å². The summed E-state index contributed by atoms with van der Waals surface area (Å²) in [5, 5.41) is 7.38. The van der Waals surface area contributed by atoms with E-state index in [4.69, 9.17) is 10.1 Å². The number of methoxy groups -OCH3 is 2. The maximum atomic E-state index is 12.1. The largest absolute Gasteiger partial charge is 0.493 e. The summed E-state index contributed by atoms with van der Waals surface area (Å²) in [5.41, 5.74) is 0.332. The molecule has 0 bridgehead atoms. The van der Waals surface area contributed by atoms with E-state index in [1.807, 2.05) is 0 Å². The Kier molecular flexibility index (Phi) is 4.04. The molecule has 0 aliphatic carbocycles. The minimum absolute atomic E-state index is 0.128. The Balaban J connectivity index is 3.05. The summed E-state index contributed by atoms with van der Waals surface area (Å²) < 4.78 is 38.0. The molecule has 1 aromatic carbocycles. The van der Waals surface area contributed by atoms with Gasteiger partial charge < -0.3 is 14.2 Å². The summed E-state index contributed by atoms with van der Waals surface area (Å²) in [6.45, 7) is -2.94. The van der Waals surface area contributed by atoms with Crippen LogP contribution in [-0.4, -0.2) is 26.7 Å². The van der Waals surface area contributed by atoms with Gasteiger partial charge in [-0.3, -0.25) is 5.41 Å². The van der Waals surface area contributed by atoms with E-state index in [1.54, 1.807) is 0 Å². The predicted molar refractivity (Wildman–Crippen MR) is 53.5 cm³/mol. The van der Waals surface area contributed by atoms with E-state index in [-0.39, 0.29) is 17.4 Å². The standard InChI is InChI=1S/C10H11F2NO3/c1-14-7-4-3-6(9(13)15-2)5-8(7)16-10(11)12/h3-5,10,13H,1-2H3. The zero-order chi connectivity index (χ0) is 12.1. The number of hydrogen-bond donors (Lipinski definition) is 1. The first kappa shape index (κ1) is 12.2. The normalized spacial score (nSPS) is 10.1. The van der Waals surface area contributed by atoms with E-state index in [1.165, 1.54) is 32.4 Å². The Morgan fingerprint density at radius 3 is 2.44 bits per heavy atom. The van der Waals surface area contributed by atoms with E-state index < -0.39 is 6.61 Å². The third kappa shape index (κ3) is 2.82. The molecular formula is C10H11F2NO3. The highest BCUT2D eigenvalue weighted by molar-refractivity contribution is 5.92. The van der Waals surface area contributed by atoms with Crippen LogP contribution in [0, 0.1) is 5.41 Å². The number of alkyl halides is 2. The van der Waals surface area contributed by atoms with Crippen LogP contribution < -0.4 is 9.47 Å². The average Bonchev–Trinajstić information content (AvgIpc) is 2.27. The third-order valence-corrected chi connectivity index (χ3v) is 1.85. The van der Waals surface area contributed by atoms with Crippen molar-refractivity contribution in [1.82, 2.24) is 0 Å². The number of rotatable bonds is 4. The van der Waals surface area contributed by atoms with Crippen LogP contribution in [0.25, 0.3) is 0 Å². The summed E-state index contributed by atoms with van der Waals surface area (Å²) in [4.78, 5) is 0. The highest BCUT2D eigenvalue weighted by atomic mass is 19.3.